The van der Waals surface area contributed by atoms with Crippen molar-refractivity contribution in [1.29, 1.82) is 0 Å². The summed E-state index contributed by atoms with van der Waals surface area (Å²) in [6, 6.07) is 12.4. The van der Waals surface area contributed by atoms with E-state index in [9.17, 15) is 18.0 Å². The van der Waals surface area contributed by atoms with Crippen LogP contribution in [0.25, 0.3) is 11.0 Å². The Balaban J connectivity index is 1.34. The summed E-state index contributed by atoms with van der Waals surface area (Å²) in [7, 11) is 1.53. The molecule has 2 aromatic heterocycles. The lowest BCUT2D eigenvalue weighted by Gasteiger charge is -2.15. The first-order chi connectivity index (χ1) is 17.2. The molecule has 1 aromatic carbocycles. The summed E-state index contributed by atoms with van der Waals surface area (Å²) in [5.41, 5.74) is 2.99. The highest BCUT2D eigenvalue weighted by Gasteiger charge is 2.32. The number of aliphatic carboxylic acids is 1. The molecule has 0 saturated heterocycles. The third-order valence-corrected chi connectivity index (χ3v) is 5.70. The second-order valence-corrected chi connectivity index (χ2v) is 8.50. The van der Waals surface area contributed by atoms with Crippen LogP contribution in [0.15, 0.2) is 53.8 Å². The molecule has 11 heteroatoms. The lowest BCUT2D eigenvalue weighted by Crippen LogP contribution is -2.31. The van der Waals surface area contributed by atoms with E-state index in [2.05, 4.69) is 9.89 Å². The van der Waals surface area contributed by atoms with Gasteiger partial charge in [0.1, 0.15) is 37.4 Å². The number of fused-ring (bicyclic) bond motifs is 1. The quantitative estimate of drug-likeness (QED) is 0.289. The molecule has 2 heterocycles. The van der Waals surface area contributed by atoms with Gasteiger partial charge < -0.3 is 24.0 Å². The molecule has 0 radical (unpaired) electrons. The highest BCUT2D eigenvalue weighted by Crippen LogP contribution is 2.33. The molecule has 192 valence electrons. The number of hydrogen-bond donors (Lipinski definition) is 1. The number of rotatable bonds is 12. The Bertz CT molecular complexity index is 1220. The van der Waals surface area contributed by atoms with Crippen LogP contribution in [0, 0.1) is 5.92 Å². The largest absolute Gasteiger partial charge is 0.492 e. The fraction of sp³-hybridized carbons (Fsp3) is 0.400. The zero-order valence-electron chi connectivity index (χ0n) is 19.6. The number of carbonyl (C=O) groups is 1. The molecule has 3 aromatic rings. The molecule has 1 fully saturated rings. The van der Waals surface area contributed by atoms with E-state index in [1.54, 1.807) is 24.3 Å². The van der Waals surface area contributed by atoms with Crippen LogP contribution < -0.4 is 4.74 Å². The van der Waals surface area contributed by atoms with Crippen molar-refractivity contribution < 1.29 is 37.4 Å². The van der Waals surface area contributed by atoms with E-state index in [0.29, 0.717) is 30.4 Å². The minimum atomic E-state index is -4.59. The molecule has 1 unspecified atom stereocenters. The minimum absolute atomic E-state index is 0.190. The number of nitrogens with zero attached hydrogens (tertiary/aromatic N) is 3. The van der Waals surface area contributed by atoms with Crippen LogP contribution in [0.4, 0.5) is 13.2 Å². The van der Waals surface area contributed by atoms with Crippen LogP contribution in [0.3, 0.4) is 0 Å². The summed E-state index contributed by atoms with van der Waals surface area (Å²) in [6.45, 7) is -0.728. The molecule has 1 atom stereocenters. The summed E-state index contributed by atoms with van der Waals surface area (Å²) in [4.78, 5) is 21.0. The number of benzene rings is 1. The van der Waals surface area contributed by atoms with Gasteiger partial charge in [0.25, 0.3) is 0 Å². The Morgan fingerprint density at radius 1 is 1.19 bits per heavy atom. The van der Waals surface area contributed by atoms with Gasteiger partial charge in [0, 0.05) is 23.9 Å². The molecule has 1 aliphatic carbocycles. The average molecular weight is 505 g/mol. The number of pyridine rings is 1. The summed E-state index contributed by atoms with van der Waals surface area (Å²) >= 11 is 0. The molecule has 1 saturated carbocycles. The first kappa shape index (κ1) is 25.5. The van der Waals surface area contributed by atoms with Gasteiger partial charge >= 0.3 is 12.1 Å². The minimum Gasteiger partial charge on any atom is -0.492 e. The standard InChI is InChI=1S/C25H26F3N3O5/c1-34-30-22(17-4-5-17)20-9-6-18-10-11-31(23(18)29-20)12-13-35-19-7-2-16(3-8-19)14-21(24(32)33)36-15-25(26,27)28/h2-3,6-11,17,21H,4-5,12-15H2,1H3,(H,32,33)/b30-22-. The van der Waals surface area contributed by atoms with Crippen LogP contribution in [-0.4, -0.2) is 58.9 Å². The molecule has 0 aliphatic heterocycles. The number of aromatic nitrogens is 2. The van der Waals surface area contributed by atoms with Gasteiger partial charge in [0.2, 0.25) is 0 Å². The Hall–Kier alpha value is -3.60. The summed E-state index contributed by atoms with van der Waals surface area (Å²) in [6.07, 6.45) is -2.28. The van der Waals surface area contributed by atoms with Gasteiger partial charge in [-0.1, -0.05) is 17.3 Å². The first-order valence-electron chi connectivity index (χ1n) is 11.4. The van der Waals surface area contributed by atoms with Crippen LogP contribution in [0.1, 0.15) is 24.1 Å². The lowest BCUT2D eigenvalue weighted by atomic mass is 10.1. The van der Waals surface area contributed by atoms with Crippen molar-refractivity contribution in [1.82, 2.24) is 9.55 Å². The van der Waals surface area contributed by atoms with E-state index in [1.165, 1.54) is 7.11 Å². The SMILES string of the molecule is CO/N=C(\c1ccc2ccn(CCOc3ccc(CC(OCC(F)(F)F)C(=O)O)cc3)c2n1)C1CC1. The van der Waals surface area contributed by atoms with Crippen LogP contribution >= 0.6 is 0 Å². The van der Waals surface area contributed by atoms with Crippen molar-refractivity contribution in [2.24, 2.45) is 11.1 Å². The van der Waals surface area contributed by atoms with E-state index < -0.39 is 24.9 Å². The maximum Gasteiger partial charge on any atom is 0.411 e. The van der Waals surface area contributed by atoms with Gasteiger partial charge in [-0.15, -0.1) is 0 Å². The number of carboxylic acid groups (broad SMARTS) is 1. The van der Waals surface area contributed by atoms with Gasteiger partial charge in [-0.05, 0) is 48.7 Å². The number of halogens is 3. The summed E-state index contributed by atoms with van der Waals surface area (Å²) < 4.78 is 49.4. The predicted molar refractivity (Wildman–Crippen MR) is 125 cm³/mol. The highest BCUT2D eigenvalue weighted by molar-refractivity contribution is 6.03. The summed E-state index contributed by atoms with van der Waals surface area (Å²) in [5, 5.41) is 14.3. The molecule has 36 heavy (non-hydrogen) atoms. The normalized spacial score (nSPS) is 15.2. The molecule has 0 amide bonds. The second kappa shape index (κ2) is 11.0. The van der Waals surface area contributed by atoms with E-state index in [-0.39, 0.29) is 6.42 Å². The number of carboxylic acids is 1. The van der Waals surface area contributed by atoms with Crippen molar-refractivity contribution in [3.63, 3.8) is 0 Å². The number of oxime groups is 1. The smallest absolute Gasteiger partial charge is 0.411 e. The molecular formula is C25H26F3N3O5. The maximum absolute atomic E-state index is 12.3. The van der Waals surface area contributed by atoms with Gasteiger partial charge in [-0.25, -0.2) is 9.78 Å². The first-order valence-corrected chi connectivity index (χ1v) is 11.4. The van der Waals surface area contributed by atoms with E-state index >= 15 is 0 Å². The van der Waals surface area contributed by atoms with Crippen molar-refractivity contribution in [3.8, 4) is 5.75 Å². The molecular weight excluding hydrogens is 479 g/mol. The van der Waals surface area contributed by atoms with E-state index in [0.717, 1.165) is 35.3 Å². The highest BCUT2D eigenvalue weighted by atomic mass is 19.4. The van der Waals surface area contributed by atoms with E-state index in [4.69, 9.17) is 19.7 Å². The van der Waals surface area contributed by atoms with Crippen LogP contribution in [0.5, 0.6) is 5.75 Å². The van der Waals surface area contributed by atoms with Gasteiger partial charge in [0.05, 0.1) is 12.2 Å². The molecule has 1 aliphatic rings. The molecule has 0 spiro atoms. The van der Waals surface area contributed by atoms with Crippen LogP contribution in [0.2, 0.25) is 0 Å². The van der Waals surface area contributed by atoms with Crippen molar-refractivity contribution in [2.45, 2.75) is 38.1 Å². The third kappa shape index (κ3) is 6.75. The van der Waals surface area contributed by atoms with Crippen molar-refractivity contribution in [3.05, 3.63) is 59.9 Å². The van der Waals surface area contributed by atoms with Crippen molar-refractivity contribution in [2.75, 3.05) is 20.3 Å². The number of ether oxygens (including phenoxy) is 2. The third-order valence-electron chi connectivity index (χ3n) is 5.70. The summed E-state index contributed by atoms with van der Waals surface area (Å²) in [5.74, 6) is -0.519. The Morgan fingerprint density at radius 2 is 1.94 bits per heavy atom. The molecule has 0 bridgehead atoms. The lowest BCUT2D eigenvalue weighted by molar-refractivity contribution is -0.192. The molecule has 1 N–H and O–H groups in total. The second-order valence-electron chi connectivity index (χ2n) is 8.50. The zero-order valence-corrected chi connectivity index (χ0v) is 19.6. The fourth-order valence-corrected chi connectivity index (χ4v) is 3.78. The van der Waals surface area contributed by atoms with Gasteiger partial charge in [-0.3, -0.25) is 0 Å². The van der Waals surface area contributed by atoms with Gasteiger partial charge in [-0.2, -0.15) is 13.2 Å². The topological polar surface area (TPSA) is 95.2 Å². The average Bonchev–Trinajstić information content (AvgIpc) is 3.60. The number of hydrogen-bond acceptors (Lipinski definition) is 6. The maximum atomic E-state index is 12.3. The Morgan fingerprint density at radius 3 is 2.58 bits per heavy atom. The Labute approximate surface area is 205 Å². The predicted octanol–water partition coefficient (Wildman–Crippen LogP) is 4.45. The fourth-order valence-electron chi connectivity index (χ4n) is 3.78. The van der Waals surface area contributed by atoms with E-state index in [1.807, 2.05) is 29.0 Å². The monoisotopic (exact) mass is 505 g/mol. The molecule has 4 rings (SSSR count). The Kier molecular flexibility index (Phi) is 7.78. The molecule has 8 nitrogen and oxygen atoms in total. The zero-order chi connectivity index (χ0) is 25.7. The van der Waals surface area contributed by atoms with Gasteiger partial charge in [0.15, 0.2) is 6.10 Å². The van der Waals surface area contributed by atoms with Crippen LogP contribution in [-0.2, 0) is 27.3 Å². The number of alkyl halides is 3. The van der Waals surface area contributed by atoms with Crippen molar-refractivity contribution >= 4 is 22.7 Å².